The van der Waals surface area contributed by atoms with E-state index in [1.165, 1.54) is 0 Å². The van der Waals surface area contributed by atoms with Crippen LogP contribution in [0, 0.1) is 17.2 Å². The summed E-state index contributed by atoms with van der Waals surface area (Å²) < 4.78 is 5.25. The van der Waals surface area contributed by atoms with Gasteiger partial charge < -0.3 is 9.32 Å². The van der Waals surface area contributed by atoms with E-state index in [2.05, 4.69) is 6.07 Å². The highest BCUT2D eigenvalue weighted by Crippen LogP contribution is 2.21. The maximum Gasteiger partial charge on any atom is 0.224 e. The smallest absolute Gasteiger partial charge is 0.224 e. The average Bonchev–Trinajstić information content (AvgIpc) is 2.87. The van der Waals surface area contributed by atoms with E-state index in [-0.39, 0.29) is 17.9 Å². The molecule has 0 bridgehead atoms. The molecule has 2 rings (SSSR count). The van der Waals surface area contributed by atoms with E-state index in [0.717, 1.165) is 5.76 Å². The van der Waals surface area contributed by atoms with Gasteiger partial charge in [-0.15, -0.1) is 0 Å². The first-order valence-corrected chi connectivity index (χ1v) is 5.42. The topological polar surface area (TPSA) is 57.2 Å². The zero-order valence-electron chi connectivity index (χ0n) is 9.22. The van der Waals surface area contributed by atoms with Crippen molar-refractivity contribution < 1.29 is 9.21 Å². The second-order valence-electron chi connectivity index (χ2n) is 4.21. The Labute approximate surface area is 94.5 Å². The molecule has 0 radical (unpaired) electrons. The quantitative estimate of drug-likeness (QED) is 0.774. The van der Waals surface area contributed by atoms with Gasteiger partial charge in [0.25, 0.3) is 0 Å². The molecule has 0 aliphatic carbocycles. The van der Waals surface area contributed by atoms with Crippen molar-refractivity contribution in [2.75, 3.05) is 6.54 Å². The SMILES string of the molecule is CC(Cc1ccco1)N1CC(C#N)CC1=O. The van der Waals surface area contributed by atoms with Crippen LogP contribution in [-0.4, -0.2) is 23.4 Å². The molecule has 84 valence electrons. The number of hydrogen-bond acceptors (Lipinski definition) is 3. The van der Waals surface area contributed by atoms with Crippen molar-refractivity contribution in [3.8, 4) is 6.07 Å². The Morgan fingerprint density at radius 3 is 3.12 bits per heavy atom. The van der Waals surface area contributed by atoms with Gasteiger partial charge in [-0.3, -0.25) is 4.79 Å². The first-order chi connectivity index (χ1) is 7.70. The molecule has 1 aliphatic heterocycles. The first kappa shape index (κ1) is 10.7. The maximum atomic E-state index is 11.7. The molecule has 0 N–H and O–H groups in total. The van der Waals surface area contributed by atoms with E-state index < -0.39 is 0 Å². The minimum Gasteiger partial charge on any atom is -0.469 e. The Kier molecular flexibility index (Phi) is 2.95. The summed E-state index contributed by atoms with van der Waals surface area (Å²) >= 11 is 0. The number of nitrogens with zero attached hydrogens (tertiary/aromatic N) is 2. The summed E-state index contributed by atoms with van der Waals surface area (Å²) in [7, 11) is 0. The molecule has 1 aromatic heterocycles. The van der Waals surface area contributed by atoms with E-state index >= 15 is 0 Å². The van der Waals surface area contributed by atoms with Crippen molar-refractivity contribution in [2.45, 2.75) is 25.8 Å². The van der Waals surface area contributed by atoms with Gasteiger partial charge in [0.2, 0.25) is 5.91 Å². The largest absolute Gasteiger partial charge is 0.469 e. The fourth-order valence-electron chi connectivity index (χ4n) is 2.07. The lowest BCUT2D eigenvalue weighted by Gasteiger charge is -2.23. The molecular weight excluding hydrogens is 204 g/mol. The number of rotatable bonds is 3. The monoisotopic (exact) mass is 218 g/mol. The number of carbonyl (C=O) groups is 1. The van der Waals surface area contributed by atoms with Gasteiger partial charge in [-0.1, -0.05) is 0 Å². The van der Waals surface area contributed by atoms with Crippen LogP contribution < -0.4 is 0 Å². The van der Waals surface area contributed by atoms with Crippen LogP contribution in [0.4, 0.5) is 0 Å². The minimum absolute atomic E-state index is 0.0746. The van der Waals surface area contributed by atoms with Crippen LogP contribution in [0.15, 0.2) is 22.8 Å². The Hall–Kier alpha value is -1.76. The van der Waals surface area contributed by atoms with Crippen LogP contribution in [0.5, 0.6) is 0 Å². The van der Waals surface area contributed by atoms with Gasteiger partial charge in [-0.05, 0) is 19.1 Å². The number of carbonyl (C=O) groups excluding carboxylic acids is 1. The highest BCUT2D eigenvalue weighted by Gasteiger charge is 2.32. The number of furan rings is 1. The molecule has 4 nitrogen and oxygen atoms in total. The van der Waals surface area contributed by atoms with Gasteiger partial charge in [0, 0.05) is 25.4 Å². The van der Waals surface area contributed by atoms with Gasteiger partial charge in [-0.25, -0.2) is 0 Å². The lowest BCUT2D eigenvalue weighted by Crippen LogP contribution is -2.35. The minimum atomic E-state index is -0.147. The van der Waals surface area contributed by atoms with Gasteiger partial charge in [0.15, 0.2) is 0 Å². The molecule has 2 unspecified atom stereocenters. The standard InChI is InChI=1S/C12H14N2O2/c1-9(5-11-3-2-4-16-11)14-8-10(7-13)6-12(14)15/h2-4,9-10H,5-6,8H2,1H3. The van der Waals surface area contributed by atoms with Crippen LogP contribution in [0.3, 0.4) is 0 Å². The summed E-state index contributed by atoms with van der Waals surface area (Å²) in [4.78, 5) is 13.4. The molecule has 1 amide bonds. The number of amides is 1. The Morgan fingerprint density at radius 1 is 1.75 bits per heavy atom. The van der Waals surface area contributed by atoms with E-state index in [4.69, 9.17) is 9.68 Å². The zero-order valence-corrected chi connectivity index (χ0v) is 9.22. The van der Waals surface area contributed by atoms with Crippen molar-refractivity contribution in [1.29, 1.82) is 5.26 Å². The Bertz CT molecular complexity index is 405. The lowest BCUT2D eigenvalue weighted by atomic mass is 10.1. The maximum absolute atomic E-state index is 11.7. The molecule has 16 heavy (non-hydrogen) atoms. The first-order valence-electron chi connectivity index (χ1n) is 5.42. The zero-order chi connectivity index (χ0) is 11.5. The predicted molar refractivity (Wildman–Crippen MR) is 57.3 cm³/mol. The third-order valence-corrected chi connectivity index (χ3v) is 2.95. The lowest BCUT2D eigenvalue weighted by molar-refractivity contribution is -0.129. The molecule has 1 aromatic rings. The highest BCUT2D eigenvalue weighted by atomic mass is 16.3. The predicted octanol–water partition coefficient (Wildman–Crippen LogP) is 1.58. The van der Waals surface area contributed by atoms with Crippen LogP contribution >= 0.6 is 0 Å². The molecule has 0 aromatic carbocycles. The summed E-state index contributed by atoms with van der Waals surface area (Å²) in [5, 5.41) is 8.79. The van der Waals surface area contributed by atoms with E-state index in [0.29, 0.717) is 19.4 Å². The molecule has 2 atom stereocenters. The summed E-state index contributed by atoms with van der Waals surface area (Å²) in [6.45, 7) is 2.54. The number of hydrogen-bond donors (Lipinski definition) is 0. The third-order valence-electron chi connectivity index (χ3n) is 2.95. The number of likely N-dealkylation sites (tertiary alicyclic amines) is 1. The van der Waals surface area contributed by atoms with Crippen molar-refractivity contribution in [3.05, 3.63) is 24.2 Å². The molecule has 4 heteroatoms. The van der Waals surface area contributed by atoms with Gasteiger partial charge in [-0.2, -0.15) is 5.26 Å². The van der Waals surface area contributed by atoms with E-state index in [1.807, 2.05) is 19.1 Å². The van der Waals surface area contributed by atoms with E-state index in [9.17, 15) is 4.79 Å². The fraction of sp³-hybridized carbons (Fsp3) is 0.500. The second kappa shape index (κ2) is 4.40. The molecule has 1 saturated heterocycles. The Balaban J connectivity index is 1.98. The van der Waals surface area contributed by atoms with Gasteiger partial charge >= 0.3 is 0 Å². The van der Waals surface area contributed by atoms with Crippen LogP contribution in [0.1, 0.15) is 19.1 Å². The second-order valence-corrected chi connectivity index (χ2v) is 4.21. The van der Waals surface area contributed by atoms with Crippen LogP contribution in [0.2, 0.25) is 0 Å². The summed E-state index contributed by atoms with van der Waals surface area (Å²) in [5.41, 5.74) is 0. The van der Waals surface area contributed by atoms with Crippen molar-refractivity contribution in [2.24, 2.45) is 5.92 Å². The summed E-state index contributed by atoms with van der Waals surface area (Å²) in [5.74, 6) is 0.804. The molecule has 2 heterocycles. The highest BCUT2D eigenvalue weighted by molar-refractivity contribution is 5.79. The normalized spacial score (nSPS) is 22.1. The Morgan fingerprint density at radius 2 is 2.56 bits per heavy atom. The van der Waals surface area contributed by atoms with Crippen LogP contribution in [-0.2, 0) is 11.2 Å². The molecular formula is C12H14N2O2. The number of nitriles is 1. The van der Waals surface area contributed by atoms with Gasteiger partial charge in [0.05, 0.1) is 18.3 Å². The summed E-state index contributed by atoms with van der Waals surface area (Å²) in [6.07, 6.45) is 2.70. The molecule has 1 fully saturated rings. The molecule has 1 aliphatic rings. The van der Waals surface area contributed by atoms with Crippen molar-refractivity contribution in [3.63, 3.8) is 0 Å². The summed E-state index contributed by atoms with van der Waals surface area (Å²) in [6, 6.07) is 5.99. The van der Waals surface area contributed by atoms with Gasteiger partial charge in [0.1, 0.15) is 5.76 Å². The molecule has 0 saturated carbocycles. The van der Waals surface area contributed by atoms with E-state index in [1.54, 1.807) is 11.2 Å². The third kappa shape index (κ3) is 2.08. The average molecular weight is 218 g/mol. The van der Waals surface area contributed by atoms with Crippen LogP contribution in [0.25, 0.3) is 0 Å². The fourth-order valence-corrected chi connectivity index (χ4v) is 2.07. The van der Waals surface area contributed by atoms with Crippen molar-refractivity contribution in [1.82, 2.24) is 4.90 Å². The molecule has 0 spiro atoms. The van der Waals surface area contributed by atoms with Crippen molar-refractivity contribution >= 4 is 5.91 Å².